The summed E-state index contributed by atoms with van der Waals surface area (Å²) >= 11 is 3.78. The molecule has 0 saturated heterocycles. The third-order valence-electron chi connectivity index (χ3n) is 10.3. The van der Waals surface area contributed by atoms with Crippen molar-refractivity contribution < 1.29 is 0 Å². The number of nitrogens with zero attached hydrogens (tertiary/aromatic N) is 2. The summed E-state index contributed by atoms with van der Waals surface area (Å²) in [5, 5.41) is 10.5. The maximum Gasteiger partial charge on any atom is 0.0675 e. The molecular formula is C46H28N2S2. The SMILES string of the molecule is C1=CC2=NC(c3ccc(N(c4ccc5c(c4)sc4c6ccccc6ccc54)c4ccc5c(c4)sc4c6ccccc6ccc54)cc3)=CC2C=C1. The van der Waals surface area contributed by atoms with E-state index in [0.29, 0.717) is 0 Å². The number of hydrogen-bond acceptors (Lipinski definition) is 4. The second kappa shape index (κ2) is 10.8. The van der Waals surface area contributed by atoms with Crippen molar-refractivity contribution in [2.24, 2.45) is 10.9 Å². The van der Waals surface area contributed by atoms with Crippen LogP contribution in [-0.4, -0.2) is 5.71 Å². The van der Waals surface area contributed by atoms with Crippen LogP contribution in [0, 0.1) is 5.92 Å². The van der Waals surface area contributed by atoms with Crippen LogP contribution in [0.1, 0.15) is 5.56 Å². The molecule has 11 rings (SSSR count). The first-order chi connectivity index (χ1) is 24.7. The third-order valence-corrected chi connectivity index (χ3v) is 12.7. The molecule has 0 amide bonds. The number of aliphatic imine (C=N–C) groups is 1. The summed E-state index contributed by atoms with van der Waals surface area (Å²) in [6.07, 6.45) is 10.8. The molecule has 2 aliphatic rings. The Hall–Kier alpha value is -5.81. The number of anilines is 3. The van der Waals surface area contributed by atoms with E-state index in [0.717, 1.165) is 34.0 Å². The van der Waals surface area contributed by atoms with E-state index < -0.39 is 0 Å². The average Bonchev–Trinajstić information content (AvgIpc) is 3.88. The summed E-state index contributed by atoms with van der Waals surface area (Å²) in [5.41, 5.74) is 6.70. The van der Waals surface area contributed by atoms with E-state index in [1.807, 2.05) is 22.7 Å². The monoisotopic (exact) mass is 672 g/mol. The van der Waals surface area contributed by atoms with Gasteiger partial charge in [-0.3, -0.25) is 4.99 Å². The molecular weight excluding hydrogens is 645 g/mol. The van der Waals surface area contributed by atoms with Gasteiger partial charge in [0.2, 0.25) is 0 Å². The van der Waals surface area contributed by atoms with E-state index in [9.17, 15) is 0 Å². The lowest BCUT2D eigenvalue weighted by molar-refractivity contribution is 1.17. The topological polar surface area (TPSA) is 15.6 Å². The fourth-order valence-electron chi connectivity index (χ4n) is 7.80. The maximum absolute atomic E-state index is 4.95. The zero-order chi connectivity index (χ0) is 32.8. The molecule has 234 valence electrons. The highest BCUT2D eigenvalue weighted by atomic mass is 32.1. The first-order valence-corrected chi connectivity index (χ1v) is 18.6. The Morgan fingerprint density at radius 3 is 1.66 bits per heavy atom. The molecule has 9 aromatic rings. The molecule has 0 spiro atoms. The second-order valence-corrected chi connectivity index (χ2v) is 15.2. The molecule has 7 aromatic carbocycles. The van der Waals surface area contributed by atoms with E-state index in [-0.39, 0.29) is 5.92 Å². The first-order valence-electron chi connectivity index (χ1n) is 17.0. The van der Waals surface area contributed by atoms with Gasteiger partial charge in [0.25, 0.3) is 0 Å². The number of rotatable bonds is 4. The highest BCUT2D eigenvalue weighted by Crippen LogP contribution is 2.45. The lowest BCUT2D eigenvalue weighted by atomic mass is 9.99. The number of thiophene rings is 2. The number of allylic oxidation sites excluding steroid dienone is 5. The van der Waals surface area contributed by atoms with Crippen LogP contribution in [0.15, 0.2) is 169 Å². The molecule has 1 aliphatic carbocycles. The predicted octanol–water partition coefficient (Wildman–Crippen LogP) is 13.7. The third kappa shape index (κ3) is 4.29. The lowest BCUT2D eigenvalue weighted by Crippen LogP contribution is -2.09. The molecule has 0 fully saturated rings. The molecule has 2 aromatic heterocycles. The van der Waals surface area contributed by atoms with Crippen molar-refractivity contribution in [3.63, 3.8) is 0 Å². The molecule has 0 N–H and O–H groups in total. The highest BCUT2D eigenvalue weighted by molar-refractivity contribution is 7.27. The standard InChI is InChI=1S/C46H28N2S2/c1-4-10-35-28(7-1)15-21-39-37-23-19-33(26-43(37)49-45(35)39)48(32-17-13-30(14-18-32)42-25-31-9-3-6-12-41(31)47-42)34-20-24-38-40-22-16-29-8-2-5-11-36(29)46(40)50-44(38)27-34/h1-27,31H. The van der Waals surface area contributed by atoms with Crippen LogP contribution in [0.25, 0.3) is 67.6 Å². The van der Waals surface area contributed by atoms with Gasteiger partial charge in [0, 0.05) is 63.3 Å². The Morgan fingerprint density at radius 2 is 1.06 bits per heavy atom. The summed E-state index contributed by atoms with van der Waals surface area (Å²) in [6, 6.07) is 49.4. The molecule has 1 aliphatic heterocycles. The predicted molar refractivity (Wildman–Crippen MR) is 219 cm³/mol. The quantitative estimate of drug-likeness (QED) is 0.182. The van der Waals surface area contributed by atoms with Gasteiger partial charge in [-0.15, -0.1) is 22.7 Å². The van der Waals surface area contributed by atoms with Gasteiger partial charge >= 0.3 is 0 Å². The largest absolute Gasteiger partial charge is 0.310 e. The van der Waals surface area contributed by atoms with Crippen LogP contribution >= 0.6 is 22.7 Å². The Balaban J connectivity index is 1.08. The van der Waals surface area contributed by atoms with Crippen LogP contribution in [0.2, 0.25) is 0 Å². The number of benzene rings is 7. The van der Waals surface area contributed by atoms with Gasteiger partial charge in [-0.2, -0.15) is 0 Å². The van der Waals surface area contributed by atoms with Crippen molar-refractivity contribution in [2.45, 2.75) is 0 Å². The fraction of sp³-hybridized carbons (Fsp3) is 0.0217. The van der Waals surface area contributed by atoms with Gasteiger partial charge in [0.15, 0.2) is 0 Å². The fourth-order valence-corrected chi connectivity index (χ4v) is 10.3. The second-order valence-electron chi connectivity index (χ2n) is 13.1. The van der Waals surface area contributed by atoms with Crippen LogP contribution in [-0.2, 0) is 0 Å². The average molecular weight is 673 g/mol. The summed E-state index contributed by atoms with van der Waals surface area (Å²) < 4.78 is 5.28. The summed E-state index contributed by atoms with van der Waals surface area (Å²) in [5.74, 6) is 0.265. The van der Waals surface area contributed by atoms with Crippen LogP contribution in [0.3, 0.4) is 0 Å². The molecule has 0 bridgehead atoms. The van der Waals surface area contributed by atoms with Crippen molar-refractivity contribution in [2.75, 3.05) is 4.90 Å². The first kappa shape index (κ1) is 28.1. The molecule has 50 heavy (non-hydrogen) atoms. The van der Waals surface area contributed by atoms with E-state index in [1.54, 1.807) is 0 Å². The van der Waals surface area contributed by atoms with Crippen molar-refractivity contribution in [3.05, 3.63) is 169 Å². The van der Waals surface area contributed by atoms with Crippen molar-refractivity contribution in [1.29, 1.82) is 0 Å². The van der Waals surface area contributed by atoms with E-state index >= 15 is 0 Å². The minimum atomic E-state index is 0.265. The van der Waals surface area contributed by atoms with Gasteiger partial charge in [0.05, 0.1) is 11.4 Å². The molecule has 0 saturated carbocycles. The van der Waals surface area contributed by atoms with Gasteiger partial charge in [-0.1, -0.05) is 115 Å². The van der Waals surface area contributed by atoms with Crippen molar-refractivity contribution in [3.8, 4) is 0 Å². The summed E-state index contributed by atoms with van der Waals surface area (Å²) in [4.78, 5) is 7.36. The normalized spacial score (nSPS) is 15.5. The molecule has 1 unspecified atom stereocenters. The smallest absolute Gasteiger partial charge is 0.0675 e. The summed E-state index contributed by atoms with van der Waals surface area (Å²) in [6.45, 7) is 0. The Labute approximate surface area is 296 Å². The van der Waals surface area contributed by atoms with Crippen LogP contribution < -0.4 is 4.90 Å². The Bertz CT molecular complexity index is 2840. The van der Waals surface area contributed by atoms with E-state index in [2.05, 4.69) is 169 Å². The number of hydrogen-bond donors (Lipinski definition) is 0. The van der Waals surface area contributed by atoms with Crippen LogP contribution in [0.4, 0.5) is 17.1 Å². The Morgan fingerprint density at radius 1 is 0.500 bits per heavy atom. The number of fused-ring (bicyclic) bond motifs is 11. The lowest BCUT2D eigenvalue weighted by Gasteiger charge is -2.26. The molecule has 1 atom stereocenters. The van der Waals surface area contributed by atoms with Crippen LogP contribution in [0.5, 0.6) is 0 Å². The van der Waals surface area contributed by atoms with Crippen molar-refractivity contribution in [1.82, 2.24) is 0 Å². The van der Waals surface area contributed by atoms with E-state index in [4.69, 9.17) is 4.99 Å². The van der Waals surface area contributed by atoms with Gasteiger partial charge in [-0.05, 0) is 75.7 Å². The minimum absolute atomic E-state index is 0.265. The van der Waals surface area contributed by atoms with Gasteiger partial charge < -0.3 is 4.90 Å². The van der Waals surface area contributed by atoms with Crippen molar-refractivity contribution >= 4 is 113 Å². The van der Waals surface area contributed by atoms with Gasteiger partial charge in [-0.25, -0.2) is 0 Å². The molecule has 3 heterocycles. The Kier molecular flexibility index (Phi) is 6.09. The summed E-state index contributed by atoms with van der Waals surface area (Å²) in [7, 11) is 0. The zero-order valence-electron chi connectivity index (χ0n) is 26.9. The van der Waals surface area contributed by atoms with Gasteiger partial charge in [0.1, 0.15) is 0 Å². The molecule has 4 heteroatoms. The maximum atomic E-state index is 4.95. The minimum Gasteiger partial charge on any atom is -0.310 e. The highest BCUT2D eigenvalue weighted by Gasteiger charge is 2.21. The zero-order valence-corrected chi connectivity index (χ0v) is 28.5. The molecule has 2 nitrogen and oxygen atoms in total. The van der Waals surface area contributed by atoms with E-state index in [1.165, 1.54) is 61.9 Å². The molecule has 0 radical (unpaired) electrons.